The minimum Gasteiger partial charge on any atom is -0.454 e. The lowest BCUT2D eigenvalue weighted by Crippen LogP contribution is -2.35. The number of benzene rings is 3. The van der Waals surface area contributed by atoms with Crippen molar-refractivity contribution in [2.75, 3.05) is 22.6 Å². The van der Waals surface area contributed by atoms with Gasteiger partial charge in [-0.05, 0) is 60.2 Å². The van der Waals surface area contributed by atoms with E-state index in [2.05, 4.69) is 20.9 Å². The molecule has 0 unspecified atom stereocenters. The molecule has 0 atom stereocenters. The molecule has 0 bridgehead atoms. The van der Waals surface area contributed by atoms with Gasteiger partial charge in [-0.1, -0.05) is 30.3 Å². The highest BCUT2D eigenvalue weighted by Crippen LogP contribution is 2.28. The smallest absolute Gasteiger partial charge is 0.327 e. The molecule has 3 amide bonds. The number of aromatic nitrogens is 1. The maximum absolute atomic E-state index is 14.8. The van der Waals surface area contributed by atoms with Gasteiger partial charge in [-0.15, -0.1) is 0 Å². The Morgan fingerprint density at radius 3 is 2.41 bits per heavy atom. The average Bonchev–Trinajstić information content (AvgIpc) is 2.91. The summed E-state index contributed by atoms with van der Waals surface area (Å²) in [6.45, 7) is 0. The number of carbonyl (C=O) groups excluding carboxylic acids is 2. The van der Waals surface area contributed by atoms with Crippen molar-refractivity contribution in [3.63, 3.8) is 0 Å². The maximum atomic E-state index is 14.8. The number of hydrogen-bond donors (Lipinski definition) is 3. The van der Waals surface area contributed by atoms with E-state index in [0.29, 0.717) is 16.9 Å². The van der Waals surface area contributed by atoms with Gasteiger partial charge in [0.1, 0.15) is 17.4 Å². The number of rotatable bonds is 7. The summed E-state index contributed by atoms with van der Waals surface area (Å²) in [5.41, 5.74) is 1.61. The number of hydrogen-bond acceptors (Lipinski definition) is 5. The van der Waals surface area contributed by atoms with Gasteiger partial charge in [0.25, 0.3) is 0 Å². The van der Waals surface area contributed by atoms with Gasteiger partial charge in [-0.25, -0.2) is 18.6 Å². The molecule has 8 nitrogen and oxygen atoms in total. The van der Waals surface area contributed by atoms with Crippen molar-refractivity contribution >= 4 is 46.5 Å². The van der Waals surface area contributed by atoms with E-state index in [1.165, 1.54) is 59.6 Å². The van der Waals surface area contributed by atoms with Crippen molar-refractivity contribution in [3.8, 4) is 11.5 Å². The van der Waals surface area contributed by atoms with Crippen LogP contribution in [0.15, 0.2) is 91.1 Å². The Labute approximate surface area is 228 Å². The molecule has 3 aromatic carbocycles. The second kappa shape index (κ2) is 12.6. The number of urea groups is 1. The monoisotopic (exact) mass is 547 g/mol. The Kier molecular flexibility index (Phi) is 8.75. The first kappa shape index (κ1) is 27.1. The standard InChI is InChI=1S/C28H23F2N5O3S/c1-35(21-5-3-2-4-6-21)28(37)33-25-17-22(13-14-31-25)38-24-12-11-20(16-23(24)30)32-27(39)34-26(36)15-18-7-9-19(29)10-8-18/h2-14,16-17H,15H2,1H3,(H,31,33,37)(H2,32,34,36,39). The van der Waals surface area contributed by atoms with Gasteiger partial charge in [0.2, 0.25) is 5.91 Å². The van der Waals surface area contributed by atoms with Gasteiger partial charge in [-0.2, -0.15) is 0 Å². The molecule has 4 aromatic rings. The fourth-order valence-corrected chi connectivity index (χ4v) is 3.65. The van der Waals surface area contributed by atoms with Crippen LogP contribution in [0.25, 0.3) is 0 Å². The van der Waals surface area contributed by atoms with E-state index in [1.54, 1.807) is 19.2 Å². The Morgan fingerprint density at radius 2 is 1.69 bits per heavy atom. The fourth-order valence-electron chi connectivity index (χ4n) is 3.41. The SMILES string of the molecule is CN(C(=O)Nc1cc(Oc2ccc(NC(=S)NC(=O)Cc3ccc(F)cc3)cc2F)ccn1)c1ccccc1. The van der Waals surface area contributed by atoms with Crippen LogP contribution < -0.4 is 25.6 Å². The highest BCUT2D eigenvalue weighted by molar-refractivity contribution is 7.80. The first-order chi connectivity index (χ1) is 18.8. The first-order valence-electron chi connectivity index (χ1n) is 11.7. The Balaban J connectivity index is 1.32. The number of halogens is 2. The van der Waals surface area contributed by atoms with Crippen LogP contribution in [0.4, 0.5) is 30.8 Å². The third-order valence-corrected chi connectivity index (χ3v) is 5.57. The Hall–Kier alpha value is -4.90. The average molecular weight is 548 g/mol. The zero-order valence-corrected chi connectivity index (χ0v) is 21.5. The number of nitrogens with zero attached hydrogens (tertiary/aromatic N) is 2. The Morgan fingerprint density at radius 1 is 0.949 bits per heavy atom. The number of ether oxygens (including phenoxy) is 1. The van der Waals surface area contributed by atoms with Gasteiger partial charge in [-0.3, -0.25) is 15.0 Å². The second-order valence-electron chi connectivity index (χ2n) is 8.25. The van der Waals surface area contributed by atoms with E-state index in [-0.39, 0.29) is 28.9 Å². The molecule has 39 heavy (non-hydrogen) atoms. The molecule has 0 fully saturated rings. The summed E-state index contributed by atoms with van der Waals surface area (Å²) < 4.78 is 33.4. The predicted octanol–water partition coefficient (Wildman–Crippen LogP) is 5.88. The number of amides is 3. The van der Waals surface area contributed by atoms with Crippen LogP contribution in [-0.2, 0) is 11.2 Å². The first-order valence-corrected chi connectivity index (χ1v) is 12.1. The lowest BCUT2D eigenvalue weighted by molar-refractivity contribution is -0.119. The topological polar surface area (TPSA) is 95.6 Å². The van der Waals surface area contributed by atoms with Gasteiger partial charge < -0.3 is 15.4 Å². The van der Waals surface area contributed by atoms with E-state index >= 15 is 0 Å². The van der Waals surface area contributed by atoms with Gasteiger partial charge in [0, 0.05) is 36.8 Å². The van der Waals surface area contributed by atoms with Crippen molar-refractivity contribution in [2.24, 2.45) is 0 Å². The van der Waals surface area contributed by atoms with Gasteiger partial charge in [0.15, 0.2) is 16.7 Å². The number of anilines is 3. The summed E-state index contributed by atoms with van der Waals surface area (Å²) in [5, 5.41) is 7.88. The molecule has 0 radical (unpaired) electrons. The molecule has 3 N–H and O–H groups in total. The van der Waals surface area contributed by atoms with Crippen LogP contribution in [0.5, 0.6) is 11.5 Å². The molecular formula is C28H23F2N5O3S. The minimum atomic E-state index is -0.688. The van der Waals surface area contributed by atoms with Crippen LogP contribution in [0.1, 0.15) is 5.56 Å². The summed E-state index contributed by atoms with van der Waals surface area (Å²) in [7, 11) is 1.62. The number of thiocarbonyl (C=S) groups is 1. The number of carbonyl (C=O) groups is 2. The largest absolute Gasteiger partial charge is 0.454 e. The van der Waals surface area contributed by atoms with E-state index in [0.717, 1.165) is 6.07 Å². The molecular weight excluding hydrogens is 524 g/mol. The van der Waals surface area contributed by atoms with Crippen LogP contribution in [0, 0.1) is 11.6 Å². The van der Waals surface area contributed by atoms with Crippen molar-refractivity contribution in [1.82, 2.24) is 10.3 Å². The predicted molar refractivity (Wildman–Crippen MR) is 149 cm³/mol. The van der Waals surface area contributed by atoms with Crippen LogP contribution >= 0.6 is 12.2 Å². The van der Waals surface area contributed by atoms with E-state index < -0.39 is 23.6 Å². The molecule has 0 aliphatic heterocycles. The summed E-state index contributed by atoms with van der Waals surface area (Å²) in [4.78, 5) is 30.3. The third kappa shape index (κ3) is 7.79. The molecule has 1 heterocycles. The highest BCUT2D eigenvalue weighted by Gasteiger charge is 2.13. The van der Waals surface area contributed by atoms with Gasteiger partial charge >= 0.3 is 6.03 Å². The molecule has 11 heteroatoms. The number of para-hydroxylation sites is 1. The van der Waals surface area contributed by atoms with Crippen molar-refractivity contribution < 1.29 is 23.1 Å². The third-order valence-electron chi connectivity index (χ3n) is 5.36. The molecule has 4 rings (SSSR count). The molecule has 0 aliphatic rings. The second-order valence-corrected chi connectivity index (χ2v) is 8.66. The normalized spacial score (nSPS) is 10.3. The zero-order chi connectivity index (χ0) is 27.8. The highest BCUT2D eigenvalue weighted by atomic mass is 32.1. The van der Waals surface area contributed by atoms with Gasteiger partial charge in [0.05, 0.1) is 6.42 Å². The van der Waals surface area contributed by atoms with Crippen LogP contribution in [0.2, 0.25) is 0 Å². The van der Waals surface area contributed by atoms with E-state index in [9.17, 15) is 18.4 Å². The molecule has 198 valence electrons. The van der Waals surface area contributed by atoms with E-state index in [4.69, 9.17) is 17.0 Å². The fraction of sp³-hybridized carbons (Fsp3) is 0.0714. The van der Waals surface area contributed by atoms with Crippen LogP contribution in [-0.4, -0.2) is 29.1 Å². The summed E-state index contributed by atoms with van der Waals surface area (Å²) in [6.07, 6.45) is 1.43. The minimum absolute atomic E-state index is 0.000156. The summed E-state index contributed by atoms with van der Waals surface area (Å²) in [6, 6.07) is 21.3. The van der Waals surface area contributed by atoms with Crippen molar-refractivity contribution in [2.45, 2.75) is 6.42 Å². The molecule has 1 aromatic heterocycles. The zero-order valence-electron chi connectivity index (χ0n) is 20.7. The lowest BCUT2D eigenvalue weighted by atomic mass is 10.1. The molecule has 0 aliphatic carbocycles. The van der Waals surface area contributed by atoms with Crippen molar-refractivity contribution in [1.29, 1.82) is 0 Å². The summed E-state index contributed by atoms with van der Waals surface area (Å²) >= 11 is 5.13. The maximum Gasteiger partial charge on any atom is 0.327 e. The molecule has 0 spiro atoms. The molecule has 0 saturated heterocycles. The Bertz CT molecular complexity index is 1490. The quantitative estimate of drug-likeness (QED) is 0.250. The molecule has 0 saturated carbocycles. The van der Waals surface area contributed by atoms with E-state index in [1.807, 2.05) is 18.2 Å². The number of pyridine rings is 1. The van der Waals surface area contributed by atoms with Crippen molar-refractivity contribution in [3.05, 3.63) is 108 Å². The summed E-state index contributed by atoms with van der Waals surface area (Å²) in [5.74, 6) is -1.08. The van der Waals surface area contributed by atoms with Crippen LogP contribution in [0.3, 0.4) is 0 Å². The number of nitrogens with one attached hydrogen (secondary N) is 3. The lowest BCUT2D eigenvalue weighted by Gasteiger charge is -2.18.